The molecule has 2 bridgehead atoms. The summed E-state index contributed by atoms with van der Waals surface area (Å²) in [7, 11) is 2.12. The minimum Gasteiger partial charge on any atom is -0.409 e. The second-order valence-corrected chi connectivity index (χ2v) is 6.82. The summed E-state index contributed by atoms with van der Waals surface area (Å²) in [6.07, 6.45) is 5.65. The SMILES string of the molecule is Cc1ccc(C(N)=NO)c(N(C)CC2CC3CCC2C3)c1. The monoisotopic (exact) mass is 287 g/mol. The Bertz CT molecular complexity index is 555. The van der Waals surface area contributed by atoms with Crippen LogP contribution in [0.25, 0.3) is 0 Å². The highest BCUT2D eigenvalue weighted by molar-refractivity contribution is 6.02. The van der Waals surface area contributed by atoms with E-state index in [4.69, 9.17) is 10.9 Å². The van der Waals surface area contributed by atoms with Crippen LogP contribution < -0.4 is 10.6 Å². The summed E-state index contributed by atoms with van der Waals surface area (Å²) in [6, 6.07) is 6.07. The van der Waals surface area contributed by atoms with Gasteiger partial charge in [-0.15, -0.1) is 0 Å². The Hall–Kier alpha value is -1.71. The second-order valence-electron chi connectivity index (χ2n) is 6.82. The molecule has 0 aromatic heterocycles. The number of anilines is 1. The van der Waals surface area contributed by atoms with Gasteiger partial charge in [-0.1, -0.05) is 17.6 Å². The van der Waals surface area contributed by atoms with Gasteiger partial charge in [-0.2, -0.15) is 0 Å². The third kappa shape index (κ3) is 2.71. The van der Waals surface area contributed by atoms with Gasteiger partial charge in [0.05, 0.1) is 0 Å². The first-order valence-corrected chi connectivity index (χ1v) is 7.88. The molecule has 0 amide bonds. The lowest BCUT2D eigenvalue weighted by Gasteiger charge is -2.30. The van der Waals surface area contributed by atoms with Gasteiger partial charge in [0.15, 0.2) is 5.84 Å². The van der Waals surface area contributed by atoms with E-state index in [9.17, 15) is 0 Å². The lowest BCUT2D eigenvalue weighted by Crippen LogP contribution is -2.30. The third-order valence-electron chi connectivity index (χ3n) is 5.34. The molecular weight excluding hydrogens is 262 g/mol. The van der Waals surface area contributed by atoms with E-state index in [1.807, 2.05) is 12.1 Å². The number of benzene rings is 1. The Labute approximate surface area is 126 Å². The van der Waals surface area contributed by atoms with Gasteiger partial charge < -0.3 is 15.8 Å². The molecule has 3 unspecified atom stereocenters. The van der Waals surface area contributed by atoms with Crippen LogP contribution in [0.5, 0.6) is 0 Å². The number of nitrogens with two attached hydrogens (primary N) is 1. The predicted molar refractivity (Wildman–Crippen MR) is 85.9 cm³/mol. The summed E-state index contributed by atoms with van der Waals surface area (Å²) in [4.78, 5) is 2.28. The van der Waals surface area contributed by atoms with E-state index < -0.39 is 0 Å². The molecule has 1 aromatic carbocycles. The average molecular weight is 287 g/mol. The highest BCUT2D eigenvalue weighted by Gasteiger charge is 2.39. The van der Waals surface area contributed by atoms with Gasteiger partial charge in [-0.3, -0.25) is 0 Å². The van der Waals surface area contributed by atoms with E-state index in [-0.39, 0.29) is 5.84 Å². The van der Waals surface area contributed by atoms with Gasteiger partial charge in [-0.25, -0.2) is 0 Å². The minimum atomic E-state index is 0.185. The van der Waals surface area contributed by atoms with Crippen molar-refractivity contribution < 1.29 is 5.21 Å². The number of rotatable bonds is 4. The van der Waals surface area contributed by atoms with Crippen molar-refractivity contribution in [2.45, 2.75) is 32.6 Å². The number of hydrogen-bond donors (Lipinski definition) is 2. The average Bonchev–Trinajstić information content (AvgIpc) is 3.09. The number of oxime groups is 1. The highest BCUT2D eigenvalue weighted by atomic mass is 16.4. The summed E-state index contributed by atoms with van der Waals surface area (Å²) < 4.78 is 0. The van der Waals surface area contributed by atoms with E-state index in [1.54, 1.807) is 0 Å². The van der Waals surface area contributed by atoms with Crippen LogP contribution in [0, 0.1) is 24.7 Å². The Morgan fingerprint density at radius 3 is 2.81 bits per heavy atom. The van der Waals surface area contributed by atoms with E-state index in [1.165, 1.54) is 31.2 Å². The zero-order chi connectivity index (χ0) is 15.0. The zero-order valence-corrected chi connectivity index (χ0v) is 12.9. The van der Waals surface area contributed by atoms with Gasteiger partial charge >= 0.3 is 0 Å². The number of hydrogen-bond acceptors (Lipinski definition) is 3. The summed E-state index contributed by atoms with van der Waals surface area (Å²) in [5.41, 5.74) is 8.90. The molecule has 4 heteroatoms. The van der Waals surface area contributed by atoms with E-state index >= 15 is 0 Å². The van der Waals surface area contributed by atoms with Crippen molar-refractivity contribution in [3.05, 3.63) is 29.3 Å². The van der Waals surface area contributed by atoms with Gasteiger partial charge in [0, 0.05) is 24.8 Å². The molecule has 4 nitrogen and oxygen atoms in total. The number of fused-ring (bicyclic) bond motifs is 2. The van der Waals surface area contributed by atoms with Crippen LogP contribution in [0.15, 0.2) is 23.4 Å². The van der Waals surface area contributed by atoms with Gasteiger partial charge in [0.1, 0.15) is 0 Å². The molecule has 3 atom stereocenters. The predicted octanol–water partition coefficient (Wildman–Crippen LogP) is 2.96. The molecule has 2 saturated carbocycles. The molecule has 0 heterocycles. The molecule has 0 spiro atoms. The number of nitrogens with zero attached hydrogens (tertiary/aromatic N) is 2. The van der Waals surface area contributed by atoms with Crippen molar-refractivity contribution in [3.63, 3.8) is 0 Å². The molecule has 2 aliphatic carbocycles. The molecule has 0 aliphatic heterocycles. The molecule has 21 heavy (non-hydrogen) atoms. The van der Waals surface area contributed by atoms with Crippen molar-refractivity contribution in [1.29, 1.82) is 0 Å². The van der Waals surface area contributed by atoms with Crippen LogP contribution in [0.3, 0.4) is 0 Å². The molecule has 1 aromatic rings. The lowest BCUT2D eigenvalue weighted by atomic mass is 9.88. The Balaban J connectivity index is 1.80. The smallest absolute Gasteiger partial charge is 0.172 e. The summed E-state index contributed by atoms with van der Waals surface area (Å²) >= 11 is 0. The second kappa shape index (κ2) is 5.58. The van der Waals surface area contributed by atoms with Gasteiger partial charge in [0.25, 0.3) is 0 Å². The highest BCUT2D eigenvalue weighted by Crippen LogP contribution is 2.48. The number of aryl methyl sites for hydroxylation is 1. The fourth-order valence-electron chi connectivity index (χ4n) is 4.28. The zero-order valence-electron chi connectivity index (χ0n) is 12.9. The largest absolute Gasteiger partial charge is 0.409 e. The third-order valence-corrected chi connectivity index (χ3v) is 5.34. The Kier molecular flexibility index (Phi) is 3.79. The topological polar surface area (TPSA) is 61.9 Å². The van der Waals surface area contributed by atoms with Crippen LogP contribution in [0.1, 0.15) is 36.8 Å². The standard InChI is InChI=1S/C17H25N3O/c1-11-3-6-15(17(18)19-21)16(7-11)20(2)10-14-9-12-4-5-13(14)8-12/h3,6-7,12-14,21H,4-5,8-10H2,1-2H3,(H2,18,19). The maximum atomic E-state index is 8.98. The van der Waals surface area contributed by atoms with Crippen LogP contribution in [-0.2, 0) is 0 Å². The molecule has 3 N–H and O–H groups in total. The van der Waals surface area contributed by atoms with E-state index in [0.29, 0.717) is 0 Å². The Morgan fingerprint density at radius 1 is 1.38 bits per heavy atom. The maximum Gasteiger partial charge on any atom is 0.172 e. The summed E-state index contributed by atoms with van der Waals surface area (Å²) in [5, 5.41) is 12.1. The molecule has 3 rings (SSSR count). The number of amidine groups is 1. The van der Waals surface area contributed by atoms with Crippen molar-refractivity contribution in [3.8, 4) is 0 Å². The summed E-state index contributed by atoms with van der Waals surface area (Å²) in [5.74, 6) is 2.86. The van der Waals surface area contributed by atoms with Crippen molar-refractivity contribution >= 4 is 11.5 Å². The van der Waals surface area contributed by atoms with Gasteiger partial charge in [-0.05, 0) is 61.6 Å². The maximum absolute atomic E-state index is 8.98. The fourth-order valence-corrected chi connectivity index (χ4v) is 4.28. The van der Waals surface area contributed by atoms with Gasteiger partial charge in [0.2, 0.25) is 0 Å². The van der Waals surface area contributed by atoms with Crippen LogP contribution in [0.4, 0.5) is 5.69 Å². The molecule has 114 valence electrons. The molecule has 2 fully saturated rings. The van der Waals surface area contributed by atoms with E-state index in [0.717, 1.165) is 35.5 Å². The quantitative estimate of drug-likeness (QED) is 0.387. The summed E-state index contributed by atoms with van der Waals surface area (Å²) in [6.45, 7) is 3.14. The van der Waals surface area contributed by atoms with Crippen LogP contribution in [-0.4, -0.2) is 24.6 Å². The fraction of sp³-hybridized carbons (Fsp3) is 0.588. The van der Waals surface area contributed by atoms with Crippen LogP contribution in [0.2, 0.25) is 0 Å². The minimum absolute atomic E-state index is 0.185. The molecular formula is C17H25N3O. The van der Waals surface area contributed by atoms with Crippen molar-refractivity contribution in [2.75, 3.05) is 18.5 Å². The Morgan fingerprint density at radius 2 is 2.19 bits per heavy atom. The molecule has 0 radical (unpaired) electrons. The normalized spacial score (nSPS) is 28.1. The first-order chi connectivity index (χ1) is 10.1. The van der Waals surface area contributed by atoms with E-state index in [2.05, 4.69) is 30.1 Å². The van der Waals surface area contributed by atoms with Crippen molar-refractivity contribution in [1.82, 2.24) is 0 Å². The van der Waals surface area contributed by atoms with Crippen molar-refractivity contribution in [2.24, 2.45) is 28.6 Å². The first kappa shape index (κ1) is 14.2. The first-order valence-electron chi connectivity index (χ1n) is 7.88. The molecule has 2 aliphatic rings. The molecule has 0 saturated heterocycles. The van der Waals surface area contributed by atoms with Crippen LogP contribution >= 0.6 is 0 Å². The lowest BCUT2D eigenvalue weighted by molar-refractivity contribution is 0.318.